The van der Waals surface area contributed by atoms with Gasteiger partial charge in [-0.25, -0.2) is 0 Å². The van der Waals surface area contributed by atoms with E-state index in [1.54, 1.807) is 0 Å². The molecule has 0 saturated carbocycles. The van der Waals surface area contributed by atoms with Crippen molar-refractivity contribution in [3.63, 3.8) is 0 Å². The minimum absolute atomic E-state index is 0.470. The average Bonchev–Trinajstić information content (AvgIpc) is 2.87. The highest BCUT2D eigenvalue weighted by atomic mass is 32.1. The highest BCUT2D eigenvalue weighted by Gasteiger charge is 2.21. The number of likely N-dealkylation sites (tertiary alicyclic amines) is 1. The number of nitrogens with zero attached hydrogens (tertiary/aromatic N) is 2. The van der Waals surface area contributed by atoms with E-state index >= 15 is 0 Å². The van der Waals surface area contributed by atoms with Crippen LogP contribution in [0.15, 0.2) is 17.5 Å². The van der Waals surface area contributed by atoms with E-state index in [0.717, 1.165) is 26.1 Å². The summed E-state index contributed by atoms with van der Waals surface area (Å²) in [6, 6.07) is 6.91. The van der Waals surface area contributed by atoms with Crippen LogP contribution in [0.1, 0.15) is 11.3 Å². The molecule has 4 heteroatoms. The Hall–Kier alpha value is -0.890. The van der Waals surface area contributed by atoms with Crippen molar-refractivity contribution in [1.82, 2.24) is 10.2 Å². The first kappa shape index (κ1) is 10.6. The zero-order chi connectivity index (χ0) is 10.5. The molecule has 0 radical (unpaired) electrons. The van der Waals surface area contributed by atoms with Gasteiger partial charge < -0.3 is 5.32 Å². The summed E-state index contributed by atoms with van der Waals surface area (Å²) in [5, 5.41) is 13.8. The van der Waals surface area contributed by atoms with E-state index in [4.69, 9.17) is 5.26 Å². The molecule has 0 aliphatic carbocycles. The first-order valence-corrected chi connectivity index (χ1v) is 6.11. The standard InChI is InChI=1S/C11H15N3S/c12-4-5-13-10-3-6-14(8-10)9-11-2-1-7-15-11/h1-2,7,10,13H,3,5-6,8-9H2. The van der Waals surface area contributed by atoms with Gasteiger partial charge in [-0.3, -0.25) is 4.90 Å². The first-order chi connectivity index (χ1) is 7.38. The van der Waals surface area contributed by atoms with Gasteiger partial charge >= 0.3 is 0 Å². The molecule has 1 aliphatic rings. The molecule has 2 rings (SSSR count). The topological polar surface area (TPSA) is 39.1 Å². The predicted molar refractivity (Wildman–Crippen MR) is 61.6 cm³/mol. The van der Waals surface area contributed by atoms with Crippen LogP contribution >= 0.6 is 11.3 Å². The Morgan fingerprint density at radius 2 is 2.60 bits per heavy atom. The van der Waals surface area contributed by atoms with E-state index < -0.39 is 0 Å². The van der Waals surface area contributed by atoms with E-state index in [-0.39, 0.29) is 0 Å². The van der Waals surface area contributed by atoms with E-state index in [2.05, 4.69) is 33.8 Å². The zero-order valence-corrected chi connectivity index (χ0v) is 9.46. The Kier molecular flexibility index (Phi) is 3.73. The molecule has 0 amide bonds. The maximum Gasteiger partial charge on any atom is 0.0843 e. The third-order valence-electron chi connectivity index (χ3n) is 2.70. The maximum atomic E-state index is 8.48. The number of thiophene rings is 1. The zero-order valence-electron chi connectivity index (χ0n) is 8.65. The molecular formula is C11H15N3S. The molecule has 1 aromatic heterocycles. The predicted octanol–water partition coefficient (Wildman–Crippen LogP) is 1.44. The minimum atomic E-state index is 0.470. The molecule has 1 atom stereocenters. The van der Waals surface area contributed by atoms with Gasteiger partial charge in [-0.15, -0.1) is 11.3 Å². The lowest BCUT2D eigenvalue weighted by molar-refractivity contribution is 0.324. The second kappa shape index (κ2) is 5.26. The van der Waals surface area contributed by atoms with Crippen LogP contribution in [-0.4, -0.2) is 30.6 Å². The molecule has 15 heavy (non-hydrogen) atoms. The lowest BCUT2D eigenvalue weighted by Gasteiger charge is -2.14. The average molecular weight is 221 g/mol. The summed E-state index contributed by atoms with van der Waals surface area (Å²) in [7, 11) is 0. The number of hydrogen-bond acceptors (Lipinski definition) is 4. The highest BCUT2D eigenvalue weighted by molar-refractivity contribution is 7.09. The fourth-order valence-electron chi connectivity index (χ4n) is 1.96. The van der Waals surface area contributed by atoms with Crippen molar-refractivity contribution in [2.24, 2.45) is 0 Å². The lowest BCUT2D eigenvalue weighted by atomic mass is 10.3. The molecule has 80 valence electrons. The quantitative estimate of drug-likeness (QED) is 0.782. The van der Waals surface area contributed by atoms with Gasteiger partial charge in [0.15, 0.2) is 0 Å². The van der Waals surface area contributed by atoms with E-state index in [0.29, 0.717) is 12.6 Å². The lowest BCUT2D eigenvalue weighted by Crippen LogP contribution is -2.32. The van der Waals surface area contributed by atoms with Gasteiger partial charge in [-0.2, -0.15) is 5.26 Å². The molecule has 0 spiro atoms. The minimum Gasteiger partial charge on any atom is -0.300 e. The Labute approximate surface area is 94.3 Å². The number of hydrogen-bond donors (Lipinski definition) is 1. The van der Waals surface area contributed by atoms with Crippen LogP contribution < -0.4 is 5.32 Å². The molecule has 2 heterocycles. The molecule has 1 fully saturated rings. The van der Waals surface area contributed by atoms with Gasteiger partial charge in [0.05, 0.1) is 12.6 Å². The smallest absolute Gasteiger partial charge is 0.0843 e. The van der Waals surface area contributed by atoms with E-state index in [9.17, 15) is 0 Å². The van der Waals surface area contributed by atoms with Crippen LogP contribution in [-0.2, 0) is 6.54 Å². The third kappa shape index (κ3) is 3.03. The van der Waals surface area contributed by atoms with Crippen LogP contribution in [0.3, 0.4) is 0 Å². The van der Waals surface area contributed by atoms with E-state index in [1.807, 2.05) is 11.3 Å². The summed E-state index contributed by atoms with van der Waals surface area (Å²) < 4.78 is 0. The number of rotatable bonds is 4. The molecule has 1 unspecified atom stereocenters. The summed E-state index contributed by atoms with van der Waals surface area (Å²) in [6.45, 7) is 3.74. The van der Waals surface area contributed by atoms with Crippen molar-refractivity contribution in [2.45, 2.75) is 19.0 Å². The van der Waals surface area contributed by atoms with Crippen molar-refractivity contribution in [1.29, 1.82) is 5.26 Å². The van der Waals surface area contributed by atoms with Crippen LogP contribution in [0.25, 0.3) is 0 Å². The summed E-state index contributed by atoms with van der Waals surface area (Å²) in [4.78, 5) is 3.87. The van der Waals surface area contributed by atoms with Crippen LogP contribution in [0.5, 0.6) is 0 Å². The second-order valence-electron chi connectivity index (χ2n) is 3.84. The molecule has 1 N–H and O–H groups in total. The molecular weight excluding hydrogens is 206 g/mol. The van der Waals surface area contributed by atoms with Gasteiger partial charge in [-0.1, -0.05) is 6.07 Å². The normalized spacial score (nSPS) is 21.7. The van der Waals surface area contributed by atoms with Gasteiger partial charge in [0.1, 0.15) is 0 Å². The summed E-state index contributed by atoms with van der Waals surface area (Å²) >= 11 is 1.81. The van der Waals surface area contributed by atoms with Gasteiger partial charge in [-0.05, 0) is 17.9 Å². The van der Waals surface area contributed by atoms with Crippen molar-refractivity contribution in [2.75, 3.05) is 19.6 Å². The molecule has 1 saturated heterocycles. The van der Waals surface area contributed by atoms with Gasteiger partial charge in [0, 0.05) is 30.6 Å². The van der Waals surface area contributed by atoms with Crippen molar-refractivity contribution >= 4 is 11.3 Å². The fourth-order valence-corrected chi connectivity index (χ4v) is 2.70. The second-order valence-corrected chi connectivity index (χ2v) is 4.87. The first-order valence-electron chi connectivity index (χ1n) is 5.23. The van der Waals surface area contributed by atoms with Crippen molar-refractivity contribution in [3.8, 4) is 6.07 Å². The van der Waals surface area contributed by atoms with Crippen molar-refractivity contribution in [3.05, 3.63) is 22.4 Å². The molecule has 0 aromatic carbocycles. The van der Waals surface area contributed by atoms with Gasteiger partial charge in [0.25, 0.3) is 0 Å². The van der Waals surface area contributed by atoms with Gasteiger partial charge in [0.2, 0.25) is 0 Å². The van der Waals surface area contributed by atoms with Crippen LogP contribution in [0.2, 0.25) is 0 Å². The largest absolute Gasteiger partial charge is 0.300 e. The summed E-state index contributed by atoms with van der Waals surface area (Å²) in [5.41, 5.74) is 0. The Bertz CT molecular complexity index is 328. The molecule has 1 aromatic rings. The van der Waals surface area contributed by atoms with Crippen LogP contribution in [0.4, 0.5) is 0 Å². The SMILES string of the molecule is N#CCNC1CCN(Cc2cccs2)C1. The number of nitriles is 1. The Morgan fingerprint density at radius 3 is 3.33 bits per heavy atom. The molecule has 3 nitrogen and oxygen atoms in total. The third-order valence-corrected chi connectivity index (χ3v) is 3.56. The fraction of sp³-hybridized carbons (Fsp3) is 0.545. The monoisotopic (exact) mass is 221 g/mol. The Morgan fingerprint density at radius 1 is 1.67 bits per heavy atom. The van der Waals surface area contributed by atoms with Crippen molar-refractivity contribution < 1.29 is 0 Å². The van der Waals surface area contributed by atoms with Crippen LogP contribution in [0, 0.1) is 11.3 Å². The summed E-state index contributed by atoms with van der Waals surface area (Å²) in [6.07, 6.45) is 1.16. The molecule has 0 bridgehead atoms. The summed E-state index contributed by atoms with van der Waals surface area (Å²) in [5.74, 6) is 0. The highest BCUT2D eigenvalue weighted by Crippen LogP contribution is 2.16. The Balaban J connectivity index is 1.76. The maximum absolute atomic E-state index is 8.48. The molecule has 1 aliphatic heterocycles. The van der Waals surface area contributed by atoms with E-state index in [1.165, 1.54) is 4.88 Å². The number of nitrogens with one attached hydrogen (secondary N) is 1.